The maximum absolute atomic E-state index is 10.2. The third-order valence-electron chi connectivity index (χ3n) is 3.98. The van der Waals surface area contributed by atoms with Crippen molar-refractivity contribution in [2.75, 3.05) is 0 Å². The van der Waals surface area contributed by atoms with Crippen molar-refractivity contribution in [1.82, 2.24) is 0 Å². The Morgan fingerprint density at radius 1 is 1.33 bits per heavy atom. The number of hydrogen-bond donors (Lipinski definition) is 2. The standard InChI is InChI=1S/C10H16O2/c1-3-9(11)7-8(2)5-4-6-10(8,9)12/h3,11-12H,1,4-7H2,2H3/t8-,9+,10+/m1/s1. The van der Waals surface area contributed by atoms with E-state index in [1.54, 1.807) is 0 Å². The molecule has 12 heavy (non-hydrogen) atoms. The number of aliphatic hydroxyl groups is 2. The van der Waals surface area contributed by atoms with Crippen molar-refractivity contribution in [2.24, 2.45) is 5.41 Å². The van der Waals surface area contributed by atoms with Gasteiger partial charge in [-0.1, -0.05) is 13.0 Å². The van der Waals surface area contributed by atoms with E-state index in [4.69, 9.17) is 0 Å². The topological polar surface area (TPSA) is 40.5 Å². The van der Waals surface area contributed by atoms with E-state index in [1.807, 2.05) is 0 Å². The minimum atomic E-state index is -1.02. The Morgan fingerprint density at radius 3 is 2.50 bits per heavy atom. The van der Waals surface area contributed by atoms with Gasteiger partial charge in [-0.2, -0.15) is 0 Å². The predicted molar refractivity (Wildman–Crippen MR) is 46.7 cm³/mol. The maximum Gasteiger partial charge on any atom is 0.112 e. The van der Waals surface area contributed by atoms with Crippen LogP contribution in [0.15, 0.2) is 12.7 Å². The second-order valence-electron chi connectivity index (χ2n) is 4.58. The van der Waals surface area contributed by atoms with Crippen LogP contribution in [0.25, 0.3) is 0 Å². The Hall–Kier alpha value is -0.340. The molecule has 0 aliphatic heterocycles. The smallest absolute Gasteiger partial charge is 0.112 e. The highest BCUT2D eigenvalue weighted by atomic mass is 16.4. The maximum atomic E-state index is 10.2. The van der Waals surface area contributed by atoms with Crippen molar-refractivity contribution in [3.05, 3.63) is 12.7 Å². The molecule has 0 aromatic heterocycles. The van der Waals surface area contributed by atoms with E-state index in [0.29, 0.717) is 12.8 Å². The third-order valence-corrected chi connectivity index (χ3v) is 3.98. The van der Waals surface area contributed by atoms with Gasteiger partial charge in [0.1, 0.15) is 11.2 Å². The molecule has 2 aliphatic carbocycles. The lowest BCUT2D eigenvalue weighted by atomic mass is 9.50. The van der Waals surface area contributed by atoms with Gasteiger partial charge in [0.05, 0.1) is 0 Å². The summed E-state index contributed by atoms with van der Waals surface area (Å²) in [5, 5.41) is 20.2. The van der Waals surface area contributed by atoms with E-state index < -0.39 is 11.2 Å². The predicted octanol–water partition coefficient (Wildman–Crippen LogP) is 1.23. The second kappa shape index (κ2) is 1.94. The molecule has 0 aromatic carbocycles. The summed E-state index contributed by atoms with van der Waals surface area (Å²) in [4.78, 5) is 0. The fourth-order valence-corrected chi connectivity index (χ4v) is 3.09. The zero-order valence-electron chi connectivity index (χ0n) is 7.51. The third kappa shape index (κ3) is 0.603. The summed E-state index contributed by atoms with van der Waals surface area (Å²) in [7, 11) is 0. The van der Waals surface area contributed by atoms with Gasteiger partial charge in [-0.15, -0.1) is 6.58 Å². The van der Waals surface area contributed by atoms with Gasteiger partial charge in [-0.25, -0.2) is 0 Å². The van der Waals surface area contributed by atoms with Gasteiger partial charge in [0.25, 0.3) is 0 Å². The summed E-state index contributed by atoms with van der Waals surface area (Å²) in [6, 6.07) is 0. The van der Waals surface area contributed by atoms with E-state index >= 15 is 0 Å². The summed E-state index contributed by atoms with van der Waals surface area (Å²) >= 11 is 0. The van der Waals surface area contributed by atoms with Crippen molar-refractivity contribution in [2.45, 2.75) is 43.8 Å². The van der Waals surface area contributed by atoms with Crippen LogP contribution in [0.3, 0.4) is 0 Å². The van der Waals surface area contributed by atoms with E-state index in [-0.39, 0.29) is 5.41 Å². The first-order valence-corrected chi connectivity index (χ1v) is 4.56. The lowest BCUT2D eigenvalue weighted by Crippen LogP contribution is -2.71. The Kier molecular flexibility index (Phi) is 1.33. The molecule has 3 atom stereocenters. The minimum Gasteiger partial charge on any atom is -0.386 e. The van der Waals surface area contributed by atoms with Crippen LogP contribution in [0.4, 0.5) is 0 Å². The molecule has 0 saturated heterocycles. The van der Waals surface area contributed by atoms with E-state index in [1.165, 1.54) is 6.08 Å². The molecular formula is C10H16O2. The van der Waals surface area contributed by atoms with Crippen molar-refractivity contribution >= 4 is 0 Å². The summed E-state index contributed by atoms with van der Waals surface area (Å²) in [6.07, 6.45) is 4.93. The average molecular weight is 168 g/mol. The summed E-state index contributed by atoms with van der Waals surface area (Å²) in [5.41, 5.74) is -1.96. The molecule has 0 unspecified atom stereocenters. The highest BCUT2D eigenvalue weighted by molar-refractivity contribution is 5.29. The van der Waals surface area contributed by atoms with E-state index in [2.05, 4.69) is 13.5 Å². The van der Waals surface area contributed by atoms with Gasteiger partial charge in [0.2, 0.25) is 0 Å². The summed E-state index contributed by atoms with van der Waals surface area (Å²) in [6.45, 7) is 5.63. The number of fused-ring (bicyclic) bond motifs is 1. The van der Waals surface area contributed by atoms with Crippen molar-refractivity contribution in [3.63, 3.8) is 0 Å². The van der Waals surface area contributed by atoms with Gasteiger partial charge in [-0.3, -0.25) is 0 Å². The zero-order chi connectivity index (χ0) is 9.04. The molecule has 0 bridgehead atoms. The summed E-state index contributed by atoms with van der Waals surface area (Å²) < 4.78 is 0. The van der Waals surface area contributed by atoms with Gasteiger partial charge in [0.15, 0.2) is 0 Å². The minimum absolute atomic E-state index is 0.0596. The molecule has 2 fully saturated rings. The van der Waals surface area contributed by atoms with Crippen molar-refractivity contribution in [1.29, 1.82) is 0 Å². The van der Waals surface area contributed by atoms with Crippen LogP contribution in [-0.4, -0.2) is 21.4 Å². The lowest BCUT2D eigenvalue weighted by Gasteiger charge is -2.61. The van der Waals surface area contributed by atoms with Crippen LogP contribution in [0.2, 0.25) is 0 Å². The largest absolute Gasteiger partial charge is 0.386 e. The first-order valence-electron chi connectivity index (χ1n) is 4.56. The van der Waals surface area contributed by atoms with Crippen LogP contribution >= 0.6 is 0 Å². The molecule has 2 saturated carbocycles. The normalized spacial score (nSPS) is 57.6. The molecule has 2 heteroatoms. The summed E-state index contributed by atoms with van der Waals surface area (Å²) in [5.74, 6) is 0. The lowest BCUT2D eigenvalue weighted by molar-refractivity contribution is -0.265. The highest BCUT2D eigenvalue weighted by Crippen LogP contribution is 2.65. The van der Waals surface area contributed by atoms with Crippen molar-refractivity contribution < 1.29 is 10.2 Å². The molecular weight excluding hydrogens is 152 g/mol. The van der Waals surface area contributed by atoms with Crippen LogP contribution in [0.1, 0.15) is 32.6 Å². The van der Waals surface area contributed by atoms with Crippen LogP contribution in [-0.2, 0) is 0 Å². The fraction of sp³-hybridized carbons (Fsp3) is 0.800. The van der Waals surface area contributed by atoms with E-state index in [9.17, 15) is 10.2 Å². The van der Waals surface area contributed by atoms with E-state index in [0.717, 1.165) is 12.8 Å². The van der Waals surface area contributed by atoms with Crippen LogP contribution in [0, 0.1) is 5.41 Å². The molecule has 2 nitrogen and oxygen atoms in total. The molecule has 68 valence electrons. The molecule has 0 spiro atoms. The second-order valence-corrected chi connectivity index (χ2v) is 4.58. The number of rotatable bonds is 1. The molecule has 2 aliphatic rings. The first-order chi connectivity index (χ1) is 5.47. The Morgan fingerprint density at radius 2 is 2.00 bits per heavy atom. The first kappa shape index (κ1) is 8.27. The average Bonchev–Trinajstić information content (AvgIpc) is 2.25. The zero-order valence-corrected chi connectivity index (χ0v) is 7.51. The quantitative estimate of drug-likeness (QED) is 0.578. The highest BCUT2D eigenvalue weighted by Gasteiger charge is 2.71. The fourth-order valence-electron chi connectivity index (χ4n) is 3.09. The molecule has 0 amide bonds. The van der Waals surface area contributed by atoms with Crippen LogP contribution < -0.4 is 0 Å². The van der Waals surface area contributed by atoms with Gasteiger partial charge < -0.3 is 10.2 Å². The monoisotopic (exact) mass is 168 g/mol. The Bertz CT molecular complexity index is 238. The SMILES string of the molecule is C=C[C@]1(O)C[C@@]2(C)CCC[C@]21O. The van der Waals surface area contributed by atoms with Gasteiger partial charge >= 0.3 is 0 Å². The molecule has 0 radical (unpaired) electrons. The Balaban J connectivity index is 2.35. The van der Waals surface area contributed by atoms with Gasteiger partial charge in [0, 0.05) is 5.41 Å². The van der Waals surface area contributed by atoms with Crippen molar-refractivity contribution in [3.8, 4) is 0 Å². The molecule has 0 heterocycles. The molecule has 0 aromatic rings. The Labute approximate surface area is 72.9 Å². The molecule has 2 rings (SSSR count). The molecule has 2 N–H and O–H groups in total. The van der Waals surface area contributed by atoms with Gasteiger partial charge in [-0.05, 0) is 25.7 Å². The number of hydrogen-bond acceptors (Lipinski definition) is 2. The van der Waals surface area contributed by atoms with Crippen LogP contribution in [0.5, 0.6) is 0 Å².